The van der Waals surface area contributed by atoms with E-state index in [0.717, 1.165) is 65.2 Å². The van der Waals surface area contributed by atoms with Crippen LogP contribution in [0.4, 0.5) is 5.82 Å². The molecule has 0 bridgehead atoms. The number of H-pyrrole nitrogens is 1. The molecule has 2 fully saturated rings. The van der Waals surface area contributed by atoms with Gasteiger partial charge in [-0.15, -0.1) is 0 Å². The smallest absolute Gasteiger partial charge is 0.274 e. The van der Waals surface area contributed by atoms with Crippen LogP contribution in [0.2, 0.25) is 0 Å². The summed E-state index contributed by atoms with van der Waals surface area (Å²) in [5.41, 5.74) is 3.29. The third kappa shape index (κ3) is 4.08. The lowest BCUT2D eigenvalue weighted by Gasteiger charge is -2.19. The van der Waals surface area contributed by atoms with Gasteiger partial charge in [-0.25, -0.2) is 9.97 Å². The Morgan fingerprint density at radius 3 is 2.76 bits per heavy atom. The Bertz CT molecular complexity index is 1320. The molecule has 2 aliphatic rings. The highest BCUT2D eigenvalue weighted by molar-refractivity contribution is 5.92. The van der Waals surface area contributed by atoms with Gasteiger partial charge in [-0.2, -0.15) is 0 Å². The van der Waals surface area contributed by atoms with Crippen LogP contribution in [-0.2, 0) is 6.42 Å². The third-order valence-electron chi connectivity index (χ3n) is 6.46. The Hall–Kier alpha value is -3.68. The highest BCUT2D eigenvalue weighted by atomic mass is 16.5. The summed E-state index contributed by atoms with van der Waals surface area (Å²) in [7, 11) is 1.85. The van der Waals surface area contributed by atoms with Crippen LogP contribution >= 0.6 is 0 Å². The predicted molar refractivity (Wildman–Crippen MR) is 124 cm³/mol. The van der Waals surface area contributed by atoms with Gasteiger partial charge in [0, 0.05) is 54.5 Å². The van der Waals surface area contributed by atoms with E-state index in [0.29, 0.717) is 24.0 Å². The van der Waals surface area contributed by atoms with Crippen LogP contribution in [0, 0.1) is 0 Å². The van der Waals surface area contributed by atoms with Gasteiger partial charge in [0.1, 0.15) is 17.4 Å². The summed E-state index contributed by atoms with van der Waals surface area (Å²) in [6.07, 6.45) is 7.00. The monoisotopic (exact) mass is 442 g/mol. The van der Waals surface area contributed by atoms with Crippen molar-refractivity contribution in [2.24, 2.45) is 0 Å². The molecule has 0 spiro atoms. The average Bonchev–Trinajstić information content (AvgIpc) is 3.78. The Kier molecular flexibility index (Phi) is 4.86. The second kappa shape index (κ2) is 8.03. The molecular formula is C25H26N6O2. The van der Waals surface area contributed by atoms with Gasteiger partial charge in [-0.05, 0) is 37.3 Å². The maximum absolute atomic E-state index is 13.2. The summed E-state index contributed by atoms with van der Waals surface area (Å²) >= 11 is 0. The maximum Gasteiger partial charge on any atom is 0.274 e. The fraction of sp³-hybridized carbons (Fsp3) is 0.360. The summed E-state index contributed by atoms with van der Waals surface area (Å²) in [5.74, 6) is 2.95. The van der Waals surface area contributed by atoms with Crippen molar-refractivity contribution in [1.29, 1.82) is 0 Å². The number of benzene rings is 1. The van der Waals surface area contributed by atoms with Crippen LogP contribution in [0.1, 0.15) is 76.9 Å². The second-order valence-electron chi connectivity index (χ2n) is 9.04. The fourth-order valence-electron chi connectivity index (χ4n) is 4.25. The normalized spacial score (nSPS) is 16.6. The largest absolute Gasteiger partial charge is 0.373 e. The number of carbonyl (C=O) groups excluding carboxylic acids is 1. The zero-order valence-corrected chi connectivity index (χ0v) is 18.5. The zero-order valence-electron chi connectivity index (χ0n) is 18.5. The molecule has 1 aromatic carbocycles. The molecule has 168 valence electrons. The van der Waals surface area contributed by atoms with Crippen molar-refractivity contribution in [3.8, 4) is 0 Å². The number of aromatic nitrogens is 4. The van der Waals surface area contributed by atoms with Crippen molar-refractivity contribution in [3.63, 3.8) is 0 Å². The number of hydrogen-bond donors (Lipinski definition) is 3. The molecule has 4 aromatic rings. The van der Waals surface area contributed by atoms with Gasteiger partial charge in [0.05, 0.1) is 11.7 Å². The minimum Gasteiger partial charge on any atom is -0.373 e. The number of rotatable bonds is 8. The fourth-order valence-corrected chi connectivity index (χ4v) is 4.25. The van der Waals surface area contributed by atoms with Gasteiger partial charge in [-0.1, -0.05) is 23.4 Å². The van der Waals surface area contributed by atoms with Gasteiger partial charge in [-0.3, -0.25) is 4.79 Å². The third-order valence-corrected chi connectivity index (χ3v) is 6.46. The number of hydrogen-bond acceptors (Lipinski definition) is 6. The topological polar surface area (TPSA) is 109 Å². The maximum atomic E-state index is 13.2. The summed E-state index contributed by atoms with van der Waals surface area (Å²) in [6.45, 7) is 0. The van der Waals surface area contributed by atoms with Crippen molar-refractivity contribution < 1.29 is 9.32 Å². The van der Waals surface area contributed by atoms with Crippen LogP contribution in [0.5, 0.6) is 0 Å². The summed E-state index contributed by atoms with van der Waals surface area (Å²) in [5, 5.41) is 11.5. The number of amides is 1. The molecule has 0 radical (unpaired) electrons. The highest BCUT2D eigenvalue weighted by Crippen LogP contribution is 2.40. The minimum atomic E-state index is -0.342. The summed E-state index contributed by atoms with van der Waals surface area (Å²) < 4.78 is 5.40. The first kappa shape index (κ1) is 20.0. The molecule has 0 unspecified atom stereocenters. The van der Waals surface area contributed by atoms with Gasteiger partial charge >= 0.3 is 0 Å². The van der Waals surface area contributed by atoms with Gasteiger partial charge < -0.3 is 20.1 Å². The minimum absolute atomic E-state index is 0.256. The van der Waals surface area contributed by atoms with Crippen LogP contribution in [0.25, 0.3) is 10.9 Å². The number of anilines is 1. The van der Waals surface area contributed by atoms with Crippen LogP contribution in [0.15, 0.2) is 47.1 Å². The predicted octanol–water partition coefficient (Wildman–Crippen LogP) is 4.46. The van der Waals surface area contributed by atoms with Crippen molar-refractivity contribution in [2.75, 3.05) is 12.4 Å². The number of fused-ring (bicyclic) bond motifs is 1. The molecule has 2 saturated carbocycles. The van der Waals surface area contributed by atoms with Gasteiger partial charge in [0.25, 0.3) is 5.91 Å². The lowest BCUT2D eigenvalue weighted by molar-refractivity contribution is 0.0926. The van der Waals surface area contributed by atoms with Crippen LogP contribution < -0.4 is 10.6 Å². The molecule has 0 aliphatic heterocycles. The number of para-hydroxylation sites is 1. The van der Waals surface area contributed by atoms with Crippen molar-refractivity contribution >= 4 is 22.6 Å². The molecule has 8 nitrogen and oxygen atoms in total. The van der Waals surface area contributed by atoms with Gasteiger partial charge in [0.15, 0.2) is 5.69 Å². The molecule has 3 N–H and O–H groups in total. The Morgan fingerprint density at radius 1 is 1.15 bits per heavy atom. The average molecular weight is 443 g/mol. The first-order chi connectivity index (χ1) is 16.2. The number of nitrogens with one attached hydrogen (secondary N) is 3. The molecule has 0 saturated heterocycles. The molecule has 2 aliphatic carbocycles. The van der Waals surface area contributed by atoms with E-state index in [4.69, 9.17) is 9.51 Å². The Balaban J connectivity index is 1.34. The lowest BCUT2D eigenvalue weighted by atomic mass is 10.0. The lowest BCUT2D eigenvalue weighted by Crippen LogP contribution is -2.31. The molecule has 3 aromatic heterocycles. The van der Waals surface area contributed by atoms with E-state index in [1.165, 1.54) is 0 Å². The second-order valence-corrected chi connectivity index (χ2v) is 9.04. The quantitative estimate of drug-likeness (QED) is 0.372. The molecule has 1 amide bonds. The van der Waals surface area contributed by atoms with E-state index in [9.17, 15) is 4.79 Å². The van der Waals surface area contributed by atoms with Crippen molar-refractivity contribution in [1.82, 2.24) is 25.4 Å². The molecule has 8 heteroatoms. The standard InChI is InChI=1S/C25H26N6O2/c1-26-23-12-20(28-24(30-23)15-8-9-15)19(10-16-13-27-18-5-3-2-4-17(16)18)29-25(32)21-11-22(33-31-21)14-6-7-14/h2-5,11-15,19,27H,6-10H2,1H3,(H,29,32)(H,26,28,30)/t19-/m0/s1. The van der Waals surface area contributed by atoms with E-state index in [1.54, 1.807) is 6.07 Å². The SMILES string of the molecule is CNc1cc([C@H](Cc2c[nH]c3ccccc23)NC(=O)c2cc(C3CC3)on2)nc(C2CC2)n1. The van der Waals surface area contributed by atoms with Crippen molar-refractivity contribution in [3.05, 3.63) is 71.1 Å². The van der Waals surface area contributed by atoms with E-state index < -0.39 is 0 Å². The highest BCUT2D eigenvalue weighted by Gasteiger charge is 2.31. The molecule has 1 atom stereocenters. The van der Waals surface area contributed by atoms with E-state index in [-0.39, 0.29) is 11.9 Å². The summed E-state index contributed by atoms with van der Waals surface area (Å²) in [6, 6.07) is 11.5. The number of aromatic amines is 1. The van der Waals surface area contributed by atoms with E-state index in [2.05, 4.69) is 37.9 Å². The van der Waals surface area contributed by atoms with E-state index >= 15 is 0 Å². The Morgan fingerprint density at radius 2 is 1.97 bits per heavy atom. The number of carbonyl (C=O) groups is 1. The van der Waals surface area contributed by atoms with E-state index in [1.807, 2.05) is 31.4 Å². The molecule has 33 heavy (non-hydrogen) atoms. The van der Waals surface area contributed by atoms with Gasteiger partial charge in [0.2, 0.25) is 0 Å². The molecule has 3 heterocycles. The summed E-state index contributed by atoms with van der Waals surface area (Å²) in [4.78, 5) is 26.0. The van der Waals surface area contributed by atoms with Crippen molar-refractivity contribution in [2.45, 2.75) is 50.0 Å². The van der Waals surface area contributed by atoms with Crippen LogP contribution in [0.3, 0.4) is 0 Å². The first-order valence-corrected chi connectivity index (χ1v) is 11.6. The zero-order chi connectivity index (χ0) is 22.4. The van der Waals surface area contributed by atoms with Crippen LogP contribution in [-0.4, -0.2) is 33.1 Å². The molecular weight excluding hydrogens is 416 g/mol. The number of nitrogens with zero attached hydrogens (tertiary/aromatic N) is 3. The Labute approximate surface area is 191 Å². The first-order valence-electron chi connectivity index (χ1n) is 11.6. The molecule has 6 rings (SSSR count).